The van der Waals surface area contributed by atoms with E-state index in [1.807, 2.05) is 0 Å². The molecule has 0 radical (unpaired) electrons. The molecule has 0 fully saturated rings. The zero-order valence-electron chi connectivity index (χ0n) is 20.6. The molecule has 2 unspecified atom stereocenters. The van der Waals surface area contributed by atoms with Crippen LogP contribution in [0.25, 0.3) is 0 Å². The van der Waals surface area contributed by atoms with Crippen LogP contribution in [0.4, 0.5) is 0 Å². The molecule has 0 aromatic heterocycles. The first-order valence-corrected chi connectivity index (χ1v) is 18.7. The van der Waals surface area contributed by atoms with E-state index in [1.54, 1.807) is 37.7 Å². The smallest absolute Gasteiger partial charge is 0.217 e. The topological polar surface area (TPSA) is 136 Å². The summed E-state index contributed by atoms with van der Waals surface area (Å²) in [5.41, 5.74) is 0. The van der Waals surface area contributed by atoms with Crippen molar-refractivity contribution in [1.82, 2.24) is 10.6 Å². The Labute approximate surface area is 225 Å². The maximum Gasteiger partial charge on any atom is 0.217 e. The number of rotatable bonds is 16. The molecule has 0 aliphatic heterocycles. The summed E-state index contributed by atoms with van der Waals surface area (Å²) in [6.07, 6.45) is 0. The van der Waals surface area contributed by atoms with Gasteiger partial charge in [0.15, 0.2) is 16.6 Å². The van der Waals surface area contributed by atoms with Crippen LogP contribution in [-0.2, 0) is 28.2 Å². The Bertz CT molecular complexity index is 478. The maximum absolute atomic E-state index is 10.9. The van der Waals surface area contributed by atoms with Crippen molar-refractivity contribution in [2.24, 2.45) is 0 Å². The molecule has 0 rings (SSSR count). The number of nitrogens with one attached hydrogen (secondary N) is 2. The first-order valence-electron chi connectivity index (χ1n) is 10.1. The Morgan fingerprint density at radius 1 is 0.743 bits per heavy atom. The van der Waals surface area contributed by atoms with Crippen LogP contribution >= 0.6 is 23.5 Å². The van der Waals surface area contributed by atoms with Gasteiger partial charge in [0.2, 0.25) is 11.8 Å². The van der Waals surface area contributed by atoms with Crippen molar-refractivity contribution in [3.05, 3.63) is 0 Å². The van der Waals surface area contributed by atoms with Crippen molar-refractivity contribution in [1.29, 1.82) is 0 Å². The highest BCUT2D eigenvalue weighted by Crippen LogP contribution is 2.14. The van der Waals surface area contributed by atoms with Gasteiger partial charge in [0.05, 0.1) is 12.1 Å². The molecular weight excluding hydrogens is 529 g/mol. The molecule has 0 aliphatic rings. The van der Waals surface area contributed by atoms with Crippen LogP contribution in [0.2, 0.25) is 26.2 Å². The lowest BCUT2D eigenvalue weighted by atomic mass is 10.3. The standard InChI is InChI=1S/2C9H21NO4SSi.3CH4/c2*1-8(11)10-9(5-14-12)6-15-7-16(3,4)13-2;;;/h2*9,12H,5-7H2,1-4H3,(H,10,11);3*1H4. The van der Waals surface area contributed by atoms with E-state index in [0.717, 1.165) is 10.8 Å². The number of carbonyl (C=O) groups excluding carboxylic acids is 2. The SMILES string of the molecule is C.C.C.CO[Si](C)(C)CSCC(COO)NC(C)=O.CO[Si](C)(C)CSCC(COO)NC(C)=O. The normalized spacial score (nSPS) is 12.4. The zero-order chi connectivity index (χ0) is 25.2. The average Bonchev–Trinajstić information content (AvgIpc) is 2.67. The second-order valence-electron chi connectivity index (χ2n) is 8.34. The Balaban J connectivity index is -0.000000158. The van der Waals surface area contributed by atoms with E-state index in [0.29, 0.717) is 11.5 Å². The third-order valence-electron chi connectivity index (χ3n) is 4.01. The van der Waals surface area contributed by atoms with Gasteiger partial charge in [-0.25, -0.2) is 9.78 Å². The van der Waals surface area contributed by atoms with Gasteiger partial charge in [0, 0.05) is 50.3 Å². The Morgan fingerprint density at radius 3 is 1.23 bits per heavy atom. The molecule has 2 atom stereocenters. The molecule has 0 saturated heterocycles. The minimum atomic E-state index is -1.56. The van der Waals surface area contributed by atoms with Crippen LogP contribution in [0.3, 0.4) is 0 Å². The van der Waals surface area contributed by atoms with Crippen LogP contribution in [0.1, 0.15) is 36.1 Å². The van der Waals surface area contributed by atoms with Crippen LogP contribution in [-0.4, -0.2) is 101 Å². The van der Waals surface area contributed by atoms with Crippen molar-refractivity contribution in [2.45, 2.75) is 74.4 Å². The second-order valence-corrected chi connectivity index (χ2v) is 20.0. The number of amides is 2. The Hall–Kier alpha value is -0.166. The summed E-state index contributed by atoms with van der Waals surface area (Å²) in [5, 5.41) is 24.1. The fourth-order valence-corrected chi connectivity index (χ4v) is 8.78. The van der Waals surface area contributed by atoms with E-state index in [9.17, 15) is 9.59 Å². The number of thioether (sulfide) groups is 2. The summed E-state index contributed by atoms with van der Waals surface area (Å²) >= 11 is 3.41. The molecule has 0 heterocycles. The lowest BCUT2D eigenvalue weighted by Crippen LogP contribution is -2.40. The van der Waals surface area contributed by atoms with Crippen molar-refractivity contribution >= 4 is 52.0 Å². The predicted octanol–water partition coefficient (Wildman–Crippen LogP) is 4.12. The molecule has 0 aliphatic carbocycles. The number of hydrogen-bond donors (Lipinski definition) is 4. The highest BCUT2D eigenvalue weighted by molar-refractivity contribution is 8.01. The second kappa shape index (κ2) is 25.5. The van der Waals surface area contributed by atoms with Crippen molar-refractivity contribution in [2.75, 3.05) is 49.7 Å². The third kappa shape index (κ3) is 30.0. The summed E-state index contributed by atoms with van der Waals surface area (Å²) in [4.78, 5) is 29.9. The van der Waals surface area contributed by atoms with Gasteiger partial charge in [-0.15, -0.1) is 0 Å². The van der Waals surface area contributed by atoms with Crippen LogP contribution in [0, 0.1) is 0 Å². The van der Waals surface area contributed by atoms with E-state index < -0.39 is 16.6 Å². The van der Waals surface area contributed by atoms with Gasteiger partial charge < -0.3 is 19.5 Å². The molecule has 0 spiro atoms. The summed E-state index contributed by atoms with van der Waals surface area (Å²) in [6, 6.07) is -0.316. The summed E-state index contributed by atoms with van der Waals surface area (Å²) in [7, 11) is 0.342. The molecule has 0 aromatic carbocycles. The van der Waals surface area contributed by atoms with E-state index in [-0.39, 0.29) is 59.4 Å². The monoisotopic (exact) mass is 582 g/mol. The van der Waals surface area contributed by atoms with Gasteiger partial charge in [-0.3, -0.25) is 20.1 Å². The van der Waals surface area contributed by atoms with E-state index in [1.165, 1.54) is 13.8 Å². The number of carbonyl (C=O) groups is 2. The molecule has 14 heteroatoms. The molecule has 35 heavy (non-hydrogen) atoms. The van der Waals surface area contributed by atoms with Gasteiger partial charge in [0.25, 0.3) is 0 Å². The van der Waals surface area contributed by atoms with Gasteiger partial charge in [0.1, 0.15) is 13.2 Å². The summed E-state index contributed by atoms with van der Waals surface area (Å²) < 4.78 is 10.8. The van der Waals surface area contributed by atoms with E-state index in [4.69, 9.17) is 19.4 Å². The predicted molar refractivity (Wildman–Crippen MR) is 156 cm³/mol. The van der Waals surface area contributed by atoms with E-state index >= 15 is 0 Å². The fraction of sp³-hybridized carbons (Fsp3) is 0.905. The zero-order valence-corrected chi connectivity index (χ0v) is 24.2. The Kier molecular flexibility index (Phi) is 32.6. The molecule has 216 valence electrons. The quantitative estimate of drug-likeness (QED) is 0.120. The van der Waals surface area contributed by atoms with Crippen molar-refractivity contribution < 1.29 is 38.7 Å². The highest BCUT2D eigenvalue weighted by Gasteiger charge is 2.22. The van der Waals surface area contributed by atoms with Crippen LogP contribution in [0.5, 0.6) is 0 Å². The molecule has 4 N–H and O–H groups in total. The van der Waals surface area contributed by atoms with Gasteiger partial charge in [-0.2, -0.15) is 23.5 Å². The van der Waals surface area contributed by atoms with E-state index in [2.05, 4.69) is 46.6 Å². The van der Waals surface area contributed by atoms with Crippen molar-refractivity contribution in [3.8, 4) is 0 Å². The minimum absolute atomic E-state index is 0. The molecule has 0 bridgehead atoms. The summed E-state index contributed by atoms with van der Waals surface area (Å²) in [6.45, 7) is 11.7. The van der Waals surface area contributed by atoms with Crippen LogP contribution < -0.4 is 10.6 Å². The van der Waals surface area contributed by atoms with Crippen LogP contribution in [0.15, 0.2) is 0 Å². The molecule has 0 saturated carbocycles. The van der Waals surface area contributed by atoms with Gasteiger partial charge >= 0.3 is 0 Å². The Morgan fingerprint density at radius 2 is 1.03 bits per heavy atom. The van der Waals surface area contributed by atoms with Gasteiger partial charge in [-0.1, -0.05) is 22.3 Å². The molecular formula is C21H54N2O8S2Si2. The number of hydrogen-bond acceptors (Lipinski definition) is 10. The third-order valence-corrected chi connectivity index (χ3v) is 14.7. The molecule has 2 amide bonds. The first-order chi connectivity index (χ1) is 14.8. The van der Waals surface area contributed by atoms with Crippen molar-refractivity contribution in [3.63, 3.8) is 0 Å². The molecule has 0 aromatic rings. The molecule has 10 nitrogen and oxygen atoms in total. The largest absolute Gasteiger partial charge is 0.420 e. The summed E-state index contributed by atoms with van der Waals surface area (Å²) in [5.74, 6) is 1.18. The first kappa shape index (κ1) is 44.8. The fourth-order valence-electron chi connectivity index (χ4n) is 2.03. The average molecular weight is 583 g/mol. The maximum atomic E-state index is 10.9. The van der Waals surface area contributed by atoms with Gasteiger partial charge in [-0.05, 0) is 26.2 Å². The minimum Gasteiger partial charge on any atom is -0.420 e. The lowest BCUT2D eigenvalue weighted by molar-refractivity contribution is -0.245. The highest BCUT2D eigenvalue weighted by atomic mass is 32.2. The lowest BCUT2D eigenvalue weighted by Gasteiger charge is -2.21.